The first-order chi connectivity index (χ1) is 11.0. The van der Waals surface area contributed by atoms with E-state index in [0.717, 1.165) is 49.7 Å². The number of nitrogens with one attached hydrogen (secondary N) is 1. The highest BCUT2D eigenvalue weighted by Gasteiger charge is 2.19. The average Bonchev–Trinajstić information content (AvgIpc) is 2.91. The zero-order chi connectivity index (χ0) is 16.8. The summed E-state index contributed by atoms with van der Waals surface area (Å²) < 4.78 is 0. The standard InChI is InChI=1S/C17H30N4OS/c1-5-17-19-14(3)15(23-17)12-18-16(22)7-6-13(2)21-10-8-20(4)9-11-21/h13H,5-12H2,1-4H3,(H,18,22)/t13-/m1/s1. The molecule has 23 heavy (non-hydrogen) atoms. The summed E-state index contributed by atoms with van der Waals surface area (Å²) in [5, 5.41) is 4.20. The van der Waals surface area contributed by atoms with E-state index >= 15 is 0 Å². The Morgan fingerprint density at radius 2 is 2.04 bits per heavy atom. The van der Waals surface area contributed by atoms with Crippen molar-refractivity contribution in [3.05, 3.63) is 15.6 Å². The van der Waals surface area contributed by atoms with Crippen LogP contribution in [-0.4, -0.2) is 60.0 Å². The van der Waals surface area contributed by atoms with Crippen molar-refractivity contribution in [1.82, 2.24) is 20.1 Å². The molecular weight excluding hydrogens is 308 g/mol. The van der Waals surface area contributed by atoms with Crippen LogP contribution in [0.5, 0.6) is 0 Å². The molecule has 1 aliphatic heterocycles. The van der Waals surface area contributed by atoms with E-state index in [0.29, 0.717) is 19.0 Å². The summed E-state index contributed by atoms with van der Waals surface area (Å²) in [5.74, 6) is 0.150. The summed E-state index contributed by atoms with van der Waals surface area (Å²) in [6, 6.07) is 0.478. The topological polar surface area (TPSA) is 48.5 Å². The molecule has 2 rings (SSSR count). The van der Waals surface area contributed by atoms with Crippen LogP contribution in [0.1, 0.15) is 42.3 Å². The van der Waals surface area contributed by atoms with Crippen molar-refractivity contribution >= 4 is 17.2 Å². The summed E-state index contributed by atoms with van der Waals surface area (Å²) >= 11 is 1.71. The van der Waals surface area contributed by atoms with Crippen molar-refractivity contribution in [3.63, 3.8) is 0 Å². The molecule has 1 saturated heterocycles. The minimum absolute atomic E-state index is 0.150. The van der Waals surface area contributed by atoms with Gasteiger partial charge in [-0.15, -0.1) is 11.3 Å². The summed E-state index contributed by atoms with van der Waals surface area (Å²) in [6.07, 6.45) is 2.49. The molecule has 0 radical (unpaired) electrons. The molecule has 0 bridgehead atoms. The Hall–Kier alpha value is -0.980. The second-order valence-electron chi connectivity index (χ2n) is 6.47. The van der Waals surface area contributed by atoms with E-state index in [2.05, 4.69) is 41.0 Å². The summed E-state index contributed by atoms with van der Waals surface area (Å²) in [7, 11) is 2.17. The Bertz CT molecular complexity index is 509. The van der Waals surface area contributed by atoms with Gasteiger partial charge in [0.1, 0.15) is 0 Å². The second-order valence-corrected chi connectivity index (χ2v) is 7.64. The van der Waals surface area contributed by atoms with E-state index in [1.165, 1.54) is 4.88 Å². The minimum Gasteiger partial charge on any atom is -0.351 e. The van der Waals surface area contributed by atoms with E-state index < -0.39 is 0 Å². The highest BCUT2D eigenvalue weighted by Crippen LogP contribution is 2.18. The first-order valence-electron chi connectivity index (χ1n) is 8.64. The van der Waals surface area contributed by atoms with Gasteiger partial charge in [-0.2, -0.15) is 0 Å². The smallest absolute Gasteiger partial charge is 0.220 e. The van der Waals surface area contributed by atoms with Gasteiger partial charge in [0.2, 0.25) is 5.91 Å². The zero-order valence-corrected chi connectivity index (χ0v) is 15.7. The van der Waals surface area contributed by atoms with E-state index in [4.69, 9.17) is 0 Å². The Kier molecular flexibility index (Phi) is 6.99. The molecule has 1 aromatic rings. The van der Waals surface area contributed by atoms with Crippen molar-refractivity contribution < 1.29 is 4.79 Å². The van der Waals surface area contributed by atoms with Crippen LogP contribution in [0, 0.1) is 6.92 Å². The van der Waals surface area contributed by atoms with Crippen LogP contribution < -0.4 is 5.32 Å². The number of thiazole rings is 1. The maximum atomic E-state index is 12.1. The number of nitrogens with zero attached hydrogens (tertiary/aromatic N) is 3. The molecule has 1 fully saturated rings. The zero-order valence-electron chi connectivity index (χ0n) is 14.9. The fraction of sp³-hybridized carbons (Fsp3) is 0.765. The lowest BCUT2D eigenvalue weighted by atomic mass is 10.1. The molecule has 6 heteroatoms. The number of carbonyl (C=O) groups excluding carboxylic acids is 1. The normalized spacial score (nSPS) is 18.1. The van der Waals surface area contributed by atoms with Crippen LogP contribution in [0.4, 0.5) is 0 Å². The summed E-state index contributed by atoms with van der Waals surface area (Å²) in [5.41, 5.74) is 1.05. The maximum absolute atomic E-state index is 12.1. The molecule has 5 nitrogen and oxygen atoms in total. The van der Waals surface area contributed by atoms with Crippen LogP contribution in [0.25, 0.3) is 0 Å². The van der Waals surface area contributed by atoms with Gasteiger partial charge < -0.3 is 10.2 Å². The van der Waals surface area contributed by atoms with Crippen LogP contribution >= 0.6 is 11.3 Å². The highest BCUT2D eigenvalue weighted by atomic mass is 32.1. The first kappa shape index (κ1) is 18.4. The van der Waals surface area contributed by atoms with Crippen LogP contribution in [0.15, 0.2) is 0 Å². The molecule has 0 aliphatic carbocycles. The van der Waals surface area contributed by atoms with Gasteiger partial charge >= 0.3 is 0 Å². The van der Waals surface area contributed by atoms with Gasteiger partial charge in [-0.05, 0) is 33.7 Å². The van der Waals surface area contributed by atoms with Crippen LogP contribution in [-0.2, 0) is 17.8 Å². The first-order valence-corrected chi connectivity index (χ1v) is 9.45. The minimum atomic E-state index is 0.150. The number of aryl methyl sites for hydroxylation is 2. The molecule has 130 valence electrons. The van der Waals surface area contributed by atoms with Gasteiger partial charge in [-0.3, -0.25) is 9.69 Å². The van der Waals surface area contributed by atoms with E-state index in [-0.39, 0.29) is 5.91 Å². The van der Waals surface area contributed by atoms with E-state index in [1.807, 2.05) is 6.92 Å². The van der Waals surface area contributed by atoms with Gasteiger partial charge in [-0.1, -0.05) is 6.92 Å². The predicted octanol–water partition coefficient (Wildman–Crippen LogP) is 2.05. The van der Waals surface area contributed by atoms with Crippen molar-refractivity contribution in [2.45, 2.75) is 52.6 Å². The molecule has 0 unspecified atom stereocenters. The largest absolute Gasteiger partial charge is 0.351 e. The van der Waals surface area contributed by atoms with Crippen LogP contribution in [0.3, 0.4) is 0 Å². The number of hydrogen-bond donors (Lipinski definition) is 1. The molecule has 1 N–H and O–H groups in total. The Morgan fingerprint density at radius 1 is 1.35 bits per heavy atom. The lowest BCUT2D eigenvalue weighted by Crippen LogP contribution is -2.48. The van der Waals surface area contributed by atoms with Crippen molar-refractivity contribution in [2.24, 2.45) is 0 Å². The van der Waals surface area contributed by atoms with Gasteiger partial charge in [0.15, 0.2) is 0 Å². The van der Waals surface area contributed by atoms with Crippen LogP contribution in [0.2, 0.25) is 0 Å². The molecule has 0 aromatic carbocycles. The quantitative estimate of drug-likeness (QED) is 0.827. The molecule has 2 heterocycles. The average molecular weight is 339 g/mol. The maximum Gasteiger partial charge on any atom is 0.220 e. The van der Waals surface area contributed by atoms with E-state index in [9.17, 15) is 4.79 Å². The molecule has 1 amide bonds. The predicted molar refractivity (Wildman–Crippen MR) is 95.8 cm³/mol. The van der Waals surface area contributed by atoms with Crippen molar-refractivity contribution in [3.8, 4) is 0 Å². The van der Waals surface area contributed by atoms with Gasteiger partial charge in [0.25, 0.3) is 0 Å². The molecule has 1 aromatic heterocycles. The molecule has 0 spiro atoms. The highest BCUT2D eigenvalue weighted by molar-refractivity contribution is 7.11. The SMILES string of the molecule is CCc1nc(C)c(CNC(=O)CC[C@@H](C)N2CCN(C)CC2)s1. The number of rotatable bonds is 7. The number of piperazine rings is 1. The lowest BCUT2D eigenvalue weighted by molar-refractivity contribution is -0.121. The Labute approximate surface area is 144 Å². The third-order valence-corrected chi connectivity index (χ3v) is 5.94. The Balaban J connectivity index is 1.69. The summed E-state index contributed by atoms with van der Waals surface area (Å²) in [6.45, 7) is 11.5. The number of aromatic nitrogens is 1. The molecule has 1 atom stereocenters. The molecule has 1 aliphatic rings. The number of hydrogen-bond acceptors (Lipinski definition) is 5. The third kappa shape index (κ3) is 5.55. The van der Waals surface area contributed by atoms with E-state index in [1.54, 1.807) is 11.3 Å². The van der Waals surface area contributed by atoms with Gasteiger partial charge in [0.05, 0.1) is 17.2 Å². The monoisotopic (exact) mass is 338 g/mol. The lowest BCUT2D eigenvalue weighted by Gasteiger charge is -2.36. The number of amides is 1. The second kappa shape index (κ2) is 8.76. The molecule has 0 saturated carbocycles. The number of carbonyl (C=O) groups is 1. The Morgan fingerprint density at radius 3 is 2.65 bits per heavy atom. The fourth-order valence-electron chi connectivity index (χ4n) is 2.86. The van der Waals surface area contributed by atoms with Crippen molar-refractivity contribution in [2.75, 3.05) is 33.2 Å². The molecular formula is C17H30N4OS. The summed E-state index contributed by atoms with van der Waals surface area (Å²) in [4.78, 5) is 22.6. The van der Waals surface area contributed by atoms with Gasteiger partial charge in [-0.25, -0.2) is 4.98 Å². The van der Waals surface area contributed by atoms with Gasteiger partial charge in [0, 0.05) is 43.5 Å². The fourth-order valence-corrected chi connectivity index (χ4v) is 3.81. The van der Waals surface area contributed by atoms with Crippen molar-refractivity contribution in [1.29, 1.82) is 0 Å². The third-order valence-electron chi connectivity index (χ3n) is 4.64. The number of likely N-dealkylation sites (N-methyl/N-ethyl adjacent to an activating group) is 1.